The number of carbonyl (C=O) groups excluding carboxylic acids is 1. The number of pyridine rings is 1. The molecule has 0 fully saturated rings. The Labute approximate surface area is 197 Å². The monoisotopic (exact) mass is 497 g/mol. The Morgan fingerprint density at radius 2 is 1.73 bits per heavy atom. The SMILES string of the molecule is C=C(C(=O)OCc1ccc(Oc2c(Cl)cc(C(F)(F)F)cc2Cl)cc1)C(O)c1ccccn1. The van der Waals surface area contributed by atoms with E-state index in [0.29, 0.717) is 5.56 Å². The Hall–Kier alpha value is -3.07. The van der Waals surface area contributed by atoms with Gasteiger partial charge in [0, 0.05) is 6.20 Å². The minimum absolute atomic E-state index is 0.116. The first-order valence-corrected chi connectivity index (χ1v) is 10.1. The number of nitrogens with zero attached hydrogens (tertiary/aromatic N) is 1. The van der Waals surface area contributed by atoms with E-state index in [4.69, 9.17) is 32.7 Å². The highest BCUT2D eigenvalue weighted by molar-refractivity contribution is 6.37. The number of rotatable bonds is 7. The van der Waals surface area contributed by atoms with Crippen LogP contribution in [0.3, 0.4) is 0 Å². The van der Waals surface area contributed by atoms with E-state index in [-0.39, 0.29) is 39.4 Å². The number of halogens is 5. The molecule has 0 amide bonds. The van der Waals surface area contributed by atoms with E-state index in [1.807, 2.05) is 0 Å². The smallest absolute Gasteiger partial charge is 0.416 e. The van der Waals surface area contributed by atoms with Crippen molar-refractivity contribution in [2.75, 3.05) is 0 Å². The third kappa shape index (κ3) is 6.25. The minimum atomic E-state index is -4.59. The molecule has 0 spiro atoms. The molecule has 0 aliphatic carbocycles. The first kappa shape index (κ1) is 24.6. The average molecular weight is 498 g/mol. The van der Waals surface area contributed by atoms with Crippen LogP contribution in [-0.4, -0.2) is 16.1 Å². The number of alkyl halides is 3. The number of hydrogen-bond donors (Lipinski definition) is 1. The maximum absolute atomic E-state index is 12.8. The molecule has 1 unspecified atom stereocenters. The predicted octanol–water partition coefficient (Wildman–Crippen LogP) is 6.53. The molecular formula is C23H16Cl2F3NO4. The Balaban J connectivity index is 1.61. The normalized spacial score (nSPS) is 12.2. The average Bonchev–Trinajstić information content (AvgIpc) is 2.79. The van der Waals surface area contributed by atoms with Crippen molar-refractivity contribution >= 4 is 29.2 Å². The highest BCUT2D eigenvalue weighted by atomic mass is 35.5. The fourth-order valence-electron chi connectivity index (χ4n) is 2.66. The van der Waals surface area contributed by atoms with Crippen LogP contribution in [0.1, 0.15) is 22.9 Å². The van der Waals surface area contributed by atoms with Gasteiger partial charge in [-0.05, 0) is 42.0 Å². The third-order valence-corrected chi connectivity index (χ3v) is 4.96. The first-order valence-electron chi connectivity index (χ1n) is 9.34. The Kier molecular flexibility index (Phi) is 7.63. The summed E-state index contributed by atoms with van der Waals surface area (Å²) in [5.74, 6) is -0.661. The molecule has 3 aromatic rings. The number of carbonyl (C=O) groups is 1. The number of benzene rings is 2. The Morgan fingerprint density at radius 1 is 1.09 bits per heavy atom. The number of ether oxygens (including phenoxy) is 2. The number of hydrogen-bond acceptors (Lipinski definition) is 5. The van der Waals surface area contributed by atoms with Crippen LogP contribution in [0, 0.1) is 0 Å². The van der Waals surface area contributed by atoms with E-state index >= 15 is 0 Å². The molecule has 1 heterocycles. The van der Waals surface area contributed by atoms with Gasteiger partial charge in [-0.1, -0.05) is 48.0 Å². The van der Waals surface area contributed by atoms with Gasteiger partial charge in [0.1, 0.15) is 18.5 Å². The molecule has 0 radical (unpaired) electrons. The van der Waals surface area contributed by atoms with Crippen LogP contribution in [0.15, 0.2) is 72.9 Å². The molecule has 2 aromatic carbocycles. The summed E-state index contributed by atoms with van der Waals surface area (Å²) in [6.45, 7) is 3.45. The zero-order valence-electron chi connectivity index (χ0n) is 16.8. The quantitative estimate of drug-likeness (QED) is 0.296. The van der Waals surface area contributed by atoms with Crippen molar-refractivity contribution < 1.29 is 32.5 Å². The van der Waals surface area contributed by atoms with Crippen molar-refractivity contribution in [3.8, 4) is 11.5 Å². The minimum Gasteiger partial charge on any atom is -0.457 e. The summed E-state index contributed by atoms with van der Waals surface area (Å²) in [5, 5.41) is 9.59. The maximum atomic E-state index is 12.8. The molecule has 0 saturated carbocycles. The van der Waals surface area contributed by atoms with Gasteiger partial charge in [0.15, 0.2) is 5.75 Å². The van der Waals surface area contributed by atoms with Gasteiger partial charge in [0.2, 0.25) is 0 Å². The van der Waals surface area contributed by atoms with Crippen molar-refractivity contribution in [3.05, 3.63) is 99.8 Å². The van der Waals surface area contributed by atoms with Crippen molar-refractivity contribution in [3.63, 3.8) is 0 Å². The number of aliphatic hydroxyl groups excluding tert-OH is 1. The van der Waals surface area contributed by atoms with Crippen LogP contribution in [0.5, 0.6) is 11.5 Å². The van der Waals surface area contributed by atoms with Crippen molar-refractivity contribution in [2.45, 2.75) is 18.9 Å². The molecule has 0 saturated heterocycles. The molecule has 5 nitrogen and oxygen atoms in total. The Morgan fingerprint density at radius 3 is 2.27 bits per heavy atom. The highest BCUT2D eigenvalue weighted by Gasteiger charge is 2.32. The number of aliphatic hydroxyl groups is 1. The van der Waals surface area contributed by atoms with Crippen molar-refractivity contribution in [1.29, 1.82) is 0 Å². The molecule has 1 atom stereocenters. The van der Waals surface area contributed by atoms with Crippen LogP contribution in [0.25, 0.3) is 0 Å². The lowest BCUT2D eigenvalue weighted by Gasteiger charge is -2.14. The van der Waals surface area contributed by atoms with E-state index in [1.165, 1.54) is 18.3 Å². The van der Waals surface area contributed by atoms with Crippen LogP contribution in [0.4, 0.5) is 13.2 Å². The second-order valence-electron chi connectivity index (χ2n) is 6.77. The summed E-state index contributed by atoms with van der Waals surface area (Å²) in [6, 6.07) is 12.5. The summed E-state index contributed by atoms with van der Waals surface area (Å²) in [7, 11) is 0. The van der Waals surface area contributed by atoms with Crippen LogP contribution >= 0.6 is 23.2 Å². The second-order valence-corrected chi connectivity index (χ2v) is 7.59. The van der Waals surface area contributed by atoms with Gasteiger partial charge in [0.25, 0.3) is 0 Å². The van der Waals surface area contributed by atoms with E-state index in [0.717, 1.165) is 12.1 Å². The van der Waals surface area contributed by atoms with E-state index in [9.17, 15) is 23.1 Å². The molecule has 1 aromatic heterocycles. The number of esters is 1. The number of aromatic nitrogens is 1. The van der Waals surface area contributed by atoms with Gasteiger partial charge >= 0.3 is 12.1 Å². The van der Waals surface area contributed by atoms with E-state index < -0.39 is 23.8 Å². The third-order valence-electron chi connectivity index (χ3n) is 4.40. The molecule has 0 aliphatic heterocycles. The zero-order chi connectivity index (χ0) is 24.2. The molecule has 1 N–H and O–H groups in total. The van der Waals surface area contributed by atoms with Gasteiger partial charge in [-0.3, -0.25) is 4.98 Å². The van der Waals surface area contributed by atoms with Crippen LogP contribution in [0.2, 0.25) is 10.0 Å². The molecule has 172 valence electrons. The lowest BCUT2D eigenvalue weighted by atomic mass is 10.1. The summed E-state index contributed by atoms with van der Waals surface area (Å²) >= 11 is 11.8. The van der Waals surface area contributed by atoms with E-state index in [1.54, 1.807) is 30.3 Å². The van der Waals surface area contributed by atoms with Crippen molar-refractivity contribution in [1.82, 2.24) is 4.98 Å². The molecule has 33 heavy (non-hydrogen) atoms. The molecule has 0 aliphatic rings. The second kappa shape index (κ2) is 10.2. The summed E-state index contributed by atoms with van der Waals surface area (Å²) in [5.41, 5.74) is -0.306. The lowest BCUT2D eigenvalue weighted by molar-refractivity contribution is -0.141. The van der Waals surface area contributed by atoms with Gasteiger partial charge in [-0.25, -0.2) is 4.79 Å². The largest absolute Gasteiger partial charge is 0.457 e. The van der Waals surface area contributed by atoms with E-state index in [2.05, 4.69) is 11.6 Å². The highest BCUT2D eigenvalue weighted by Crippen LogP contribution is 2.41. The van der Waals surface area contributed by atoms with Gasteiger partial charge in [0.05, 0.1) is 26.9 Å². The topological polar surface area (TPSA) is 68.7 Å². The predicted molar refractivity (Wildman–Crippen MR) is 116 cm³/mol. The summed E-state index contributed by atoms with van der Waals surface area (Å²) in [6.07, 6.45) is -4.41. The zero-order valence-corrected chi connectivity index (χ0v) is 18.3. The lowest BCUT2D eigenvalue weighted by Crippen LogP contribution is -2.14. The van der Waals surface area contributed by atoms with Gasteiger partial charge < -0.3 is 14.6 Å². The summed E-state index contributed by atoms with van der Waals surface area (Å²) in [4.78, 5) is 16.1. The van der Waals surface area contributed by atoms with Crippen molar-refractivity contribution in [2.24, 2.45) is 0 Å². The Bertz CT molecular complexity index is 1130. The van der Waals surface area contributed by atoms with Gasteiger partial charge in [-0.2, -0.15) is 13.2 Å². The molecular weight excluding hydrogens is 482 g/mol. The first-order chi connectivity index (χ1) is 15.6. The molecule has 3 rings (SSSR count). The fraction of sp³-hybridized carbons (Fsp3) is 0.130. The maximum Gasteiger partial charge on any atom is 0.416 e. The van der Waals surface area contributed by atoms with Gasteiger partial charge in [-0.15, -0.1) is 0 Å². The van der Waals surface area contributed by atoms with Crippen LogP contribution < -0.4 is 4.74 Å². The van der Waals surface area contributed by atoms with Crippen LogP contribution in [-0.2, 0) is 22.3 Å². The molecule has 0 bridgehead atoms. The summed E-state index contributed by atoms with van der Waals surface area (Å²) < 4.78 is 49.2. The standard InChI is InChI=1S/C23H16Cl2F3NO4/c1-13(20(30)19-4-2-3-9-29-19)22(31)32-12-14-5-7-16(8-6-14)33-21-17(24)10-15(11-18(21)25)23(26,27)28/h2-11,20,30H,1,12H2. The fourth-order valence-corrected chi connectivity index (χ4v) is 3.23. The molecule has 10 heteroatoms.